The summed E-state index contributed by atoms with van der Waals surface area (Å²) in [6.07, 6.45) is 7.03. The van der Waals surface area contributed by atoms with E-state index in [0.717, 1.165) is 47.5 Å². The molecule has 9 heteroatoms. The van der Waals surface area contributed by atoms with E-state index in [2.05, 4.69) is 34.3 Å². The molecular formula is C20H25N5O2S2. The zero-order chi connectivity index (χ0) is 20.5. The molecule has 0 bridgehead atoms. The number of nitrogens with one attached hydrogen (secondary N) is 1. The standard InChI is InChI=1S/C20H25N5O2S2/c1-4-13(17(26)22-20-24-23-15(29-20)9-11(2)3)25-10-21-18-16(19(25)27)12-7-5-6-8-14(12)28-18/h10-11,13H,4-9H2,1-3H3,(H,22,24,26). The van der Waals surface area contributed by atoms with E-state index in [9.17, 15) is 9.59 Å². The van der Waals surface area contributed by atoms with E-state index in [4.69, 9.17) is 0 Å². The third-order valence-corrected chi connectivity index (χ3v) is 7.27. The van der Waals surface area contributed by atoms with Gasteiger partial charge in [0.25, 0.3) is 5.56 Å². The van der Waals surface area contributed by atoms with Gasteiger partial charge in [-0.15, -0.1) is 21.5 Å². The smallest absolute Gasteiger partial charge is 0.263 e. The van der Waals surface area contributed by atoms with Crippen LogP contribution in [0, 0.1) is 5.92 Å². The molecule has 1 atom stereocenters. The van der Waals surface area contributed by atoms with Gasteiger partial charge in [-0.3, -0.25) is 19.5 Å². The molecule has 0 fully saturated rings. The molecule has 1 N–H and O–H groups in total. The fourth-order valence-electron chi connectivity index (χ4n) is 3.81. The lowest BCUT2D eigenvalue weighted by Crippen LogP contribution is -2.33. The minimum absolute atomic E-state index is 0.117. The summed E-state index contributed by atoms with van der Waals surface area (Å²) < 4.78 is 1.48. The van der Waals surface area contributed by atoms with Crippen molar-refractivity contribution >= 4 is 43.9 Å². The SMILES string of the molecule is CCC(C(=O)Nc1nnc(CC(C)C)s1)n1cnc2sc3c(c2c1=O)CCCC3. The number of anilines is 1. The monoisotopic (exact) mass is 431 g/mol. The van der Waals surface area contributed by atoms with E-state index in [1.54, 1.807) is 11.3 Å². The lowest BCUT2D eigenvalue weighted by molar-refractivity contribution is -0.119. The number of nitrogens with zero attached hydrogens (tertiary/aromatic N) is 4. The van der Waals surface area contributed by atoms with Crippen LogP contribution in [-0.4, -0.2) is 25.7 Å². The molecular weight excluding hydrogens is 406 g/mol. The van der Waals surface area contributed by atoms with Gasteiger partial charge in [0.05, 0.1) is 11.7 Å². The Morgan fingerprint density at radius 1 is 1.24 bits per heavy atom. The van der Waals surface area contributed by atoms with Crippen LogP contribution in [0.2, 0.25) is 0 Å². The molecule has 7 nitrogen and oxygen atoms in total. The Labute approximate surface area is 177 Å². The second-order valence-electron chi connectivity index (χ2n) is 7.86. The first-order valence-corrected chi connectivity index (χ1v) is 11.8. The van der Waals surface area contributed by atoms with E-state index in [0.29, 0.717) is 22.9 Å². The molecule has 0 aliphatic heterocycles. The number of carbonyl (C=O) groups is 1. The Hall–Kier alpha value is -2.13. The average Bonchev–Trinajstić information content (AvgIpc) is 3.27. The first-order valence-electron chi connectivity index (χ1n) is 10.1. The molecule has 29 heavy (non-hydrogen) atoms. The largest absolute Gasteiger partial charge is 0.299 e. The van der Waals surface area contributed by atoms with Crippen molar-refractivity contribution in [2.24, 2.45) is 5.92 Å². The van der Waals surface area contributed by atoms with Crippen LogP contribution in [0.25, 0.3) is 10.2 Å². The molecule has 3 heterocycles. The highest BCUT2D eigenvalue weighted by Gasteiger charge is 2.25. The van der Waals surface area contributed by atoms with Crippen LogP contribution < -0.4 is 10.9 Å². The number of thiophene rings is 1. The summed E-state index contributed by atoms with van der Waals surface area (Å²) in [5.74, 6) is 0.218. The maximum atomic E-state index is 13.3. The number of hydrogen-bond acceptors (Lipinski definition) is 7. The lowest BCUT2D eigenvalue weighted by atomic mass is 9.97. The van der Waals surface area contributed by atoms with Crippen molar-refractivity contribution in [3.63, 3.8) is 0 Å². The van der Waals surface area contributed by atoms with Gasteiger partial charge in [0, 0.05) is 11.3 Å². The number of carbonyl (C=O) groups excluding carboxylic acids is 1. The maximum absolute atomic E-state index is 13.3. The second kappa shape index (κ2) is 8.31. The van der Waals surface area contributed by atoms with Crippen LogP contribution in [0.4, 0.5) is 5.13 Å². The van der Waals surface area contributed by atoms with E-state index < -0.39 is 6.04 Å². The van der Waals surface area contributed by atoms with E-state index >= 15 is 0 Å². The summed E-state index contributed by atoms with van der Waals surface area (Å²) in [7, 11) is 0. The molecule has 1 unspecified atom stereocenters. The lowest BCUT2D eigenvalue weighted by Gasteiger charge is -2.17. The highest BCUT2D eigenvalue weighted by Crippen LogP contribution is 2.33. The summed E-state index contributed by atoms with van der Waals surface area (Å²) in [5, 5.41) is 13.1. The molecule has 3 aromatic heterocycles. The maximum Gasteiger partial charge on any atom is 0.263 e. The fraction of sp³-hybridized carbons (Fsp3) is 0.550. The minimum atomic E-state index is -0.629. The molecule has 1 amide bonds. The predicted octanol–water partition coefficient (Wildman–Crippen LogP) is 3.98. The molecule has 1 aliphatic rings. The molecule has 1 aliphatic carbocycles. The highest BCUT2D eigenvalue weighted by atomic mass is 32.1. The number of hydrogen-bond donors (Lipinski definition) is 1. The Morgan fingerprint density at radius 2 is 2.03 bits per heavy atom. The summed E-state index contributed by atoms with van der Waals surface area (Å²) >= 11 is 3.00. The topological polar surface area (TPSA) is 89.8 Å². The first-order chi connectivity index (χ1) is 14.0. The van der Waals surface area contributed by atoms with Crippen molar-refractivity contribution in [2.75, 3.05) is 5.32 Å². The van der Waals surface area contributed by atoms with Gasteiger partial charge in [0.2, 0.25) is 11.0 Å². The summed E-state index contributed by atoms with van der Waals surface area (Å²) in [5.41, 5.74) is 1.02. The van der Waals surface area contributed by atoms with Gasteiger partial charge in [-0.1, -0.05) is 32.1 Å². The van der Waals surface area contributed by atoms with E-state index in [1.807, 2.05) is 6.92 Å². The molecule has 0 aromatic carbocycles. The molecule has 4 rings (SSSR count). The number of fused-ring (bicyclic) bond motifs is 3. The van der Waals surface area contributed by atoms with Gasteiger partial charge < -0.3 is 0 Å². The first kappa shape index (κ1) is 20.2. The van der Waals surface area contributed by atoms with Crippen LogP contribution in [0.5, 0.6) is 0 Å². The molecule has 0 radical (unpaired) electrons. The third kappa shape index (κ3) is 3.98. The van der Waals surface area contributed by atoms with Gasteiger partial charge in [-0.2, -0.15) is 0 Å². The molecule has 3 aromatic rings. The van der Waals surface area contributed by atoms with Crippen LogP contribution in [-0.2, 0) is 24.1 Å². The third-order valence-electron chi connectivity index (χ3n) is 5.21. The van der Waals surface area contributed by atoms with E-state index in [-0.39, 0.29) is 11.5 Å². The summed E-state index contributed by atoms with van der Waals surface area (Å²) in [4.78, 5) is 32.8. The van der Waals surface area contributed by atoms with Gasteiger partial charge in [-0.05, 0) is 43.6 Å². The summed E-state index contributed by atoms with van der Waals surface area (Å²) in [6.45, 7) is 6.13. The number of amides is 1. The van der Waals surface area contributed by atoms with Gasteiger partial charge >= 0.3 is 0 Å². The molecule has 0 saturated heterocycles. The van der Waals surface area contributed by atoms with Gasteiger partial charge in [0.1, 0.15) is 15.9 Å². The average molecular weight is 432 g/mol. The number of aromatic nitrogens is 4. The Bertz CT molecular complexity index is 1100. The zero-order valence-electron chi connectivity index (χ0n) is 16.9. The van der Waals surface area contributed by atoms with Crippen molar-refractivity contribution < 1.29 is 4.79 Å². The Morgan fingerprint density at radius 3 is 2.79 bits per heavy atom. The van der Waals surface area contributed by atoms with Crippen molar-refractivity contribution in [3.8, 4) is 0 Å². The fourth-order valence-corrected chi connectivity index (χ4v) is 5.99. The summed E-state index contributed by atoms with van der Waals surface area (Å²) in [6, 6.07) is -0.629. The molecule has 0 saturated carbocycles. The van der Waals surface area contributed by atoms with Crippen molar-refractivity contribution in [1.82, 2.24) is 19.7 Å². The molecule has 154 valence electrons. The van der Waals surface area contributed by atoms with Crippen molar-refractivity contribution in [1.29, 1.82) is 0 Å². The van der Waals surface area contributed by atoms with E-state index in [1.165, 1.54) is 27.1 Å². The predicted molar refractivity (Wildman–Crippen MR) is 117 cm³/mol. The quantitative estimate of drug-likeness (QED) is 0.638. The number of aryl methyl sites for hydroxylation is 2. The van der Waals surface area contributed by atoms with Gasteiger partial charge in [-0.25, -0.2) is 4.98 Å². The normalized spacial score (nSPS) is 14.9. The Balaban J connectivity index is 1.62. The zero-order valence-corrected chi connectivity index (χ0v) is 18.5. The van der Waals surface area contributed by atoms with Gasteiger partial charge in [0.15, 0.2) is 0 Å². The Kier molecular flexibility index (Phi) is 5.78. The van der Waals surface area contributed by atoms with Crippen molar-refractivity contribution in [3.05, 3.63) is 32.1 Å². The molecule has 0 spiro atoms. The van der Waals surface area contributed by atoms with Crippen LogP contribution in [0.3, 0.4) is 0 Å². The van der Waals surface area contributed by atoms with Crippen molar-refractivity contribution in [2.45, 2.75) is 65.3 Å². The van der Waals surface area contributed by atoms with Crippen LogP contribution >= 0.6 is 22.7 Å². The second-order valence-corrected chi connectivity index (χ2v) is 10.0. The van der Waals surface area contributed by atoms with Crippen LogP contribution in [0.1, 0.15) is 61.5 Å². The number of rotatable bonds is 6. The highest BCUT2D eigenvalue weighted by molar-refractivity contribution is 7.18. The van der Waals surface area contributed by atoms with Crippen LogP contribution in [0.15, 0.2) is 11.1 Å². The minimum Gasteiger partial charge on any atom is -0.299 e.